The monoisotopic (exact) mass is 361 g/mol. The molecule has 6 heteroatoms. The van der Waals surface area contributed by atoms with Gasteiger partial charge in [0.15, 0.2) is 5.78 Å². The van der Waals surface area contributed by atoms with Gasteiger partial charge in [0, 0.05) is 23.0 Å². The first-order valence-corrected chi connectivity index (χ1v) is 8.35. The largest absolute Gasteiger partial charge is 0.495 e. The van der Waals surface area contributed by atoms with Crippen molar-refractivity contribution in [1.82, 2.24) is 4.98 Å². The lowest BCUT2D eigenvalue weighted by Crippen LogP contribution is -2.12. The van der Waals surface area contributed by atoms with Gasteiger partial charge in [0.25, 0.3) is 5.91 Å². The Morgan fingerprint density at radius 3 is 2.41 bits per heavy atom. The second-order valence-electron chi connectivity index (χ2n) is 5.84. The number of ether oxygens (including phenoxy) is 1. The van der Waals surface area contributed by atoms with Crippen LogP contribution in [0.4, 0.5) is 17.2 Å². The summed E-state index contributed by atoms with van der Waals surface area (Å²) in [5, 5.41) is 5.96. The van der Waals surface area contributed by atoms with Crippen LogP contribution < -0.4 is 15.4 Å². The van der Waals surface area contributed by atoms with Gasteiger partial charge < -0.3 is 15.4 Å². The molecule has 0 atom stereocenters. The molecule has 2 N–H and O–H groups in total. The van der Waals surface area contributed by atoms with E-state index in [1.165, 1.54) is 6.92 Å². The maximum absolute atomic E-state index is 12.5. The maximum Gasteiger partial charge on any atom is 0.255 e. The van der Waals surface area contributed by atoms with Crippen molar-refractivity contribution in [1.29, 1.82) is 0 Å². The summed E-state index contributed by atoms with van der Waals surface area (Å²) in [6, 6.07) is 17.5. The Morgan fingerprint density at radius 2 is 1.70 bits per heavy atom. The first-order valence-electron chi connectivity index (χ1n) is 8.35. The van der Waals surface area contributed by atoms with Gasteiger partial charge in [-0.15, -0.1) is 0 Å². The molecule has 1 heterocycles. The van der Waals surface area contributed by atoms with E-state index in [0.717, 1.165) is 5.69 Å². The molecule has 0 spiro atoms. The number of amides is 1. The molecule has 0 saturated carbocycles. The molecule has 0 aliphatic heterocycles. The number of para-hydroxylation sites is 2. The predicted molar refractivity (Wildman–Crippen MR) is 105 cm³/mol. The lowest BCUT2D eigenvalue weighted by atomic mass is 10.1. The summed E-state index contributed by atoms with van der Waals surface area (Å²) in [7, 11) is 1.59. The van der Waals surface area contributed by atoms with E-state index in [1.54, 1.807) is 49.7 Å². The number of ketones is 1. The van der Waals surface area contributed by atoms with Crippen LogP contribution in [-0.2, 0) is 0 Å². The number of anilines is 3. The Morgan fingerprint density at radius 1 is 0.963 bits per heavy atom. The first-order chi connectivity index (χ1) is 13.1. The second kappa shape index (κ2) is 8.14. The predicted octanol–water partition coefficient (Wildman–Crippen LogP) is 4.29. The Balaban J connectivity index is 1.74. The van der Waals surface area contributed by atoms with Gasteiger partial charge in [0.05, 0.1) is 12.8 Å². The number of aromatic nitrogens is 1. The van der Waals surface area contributed by atoms with E-state index in [4.69, 9.17) is 4.74 Å². The summed E-state index contributed by atoms with van der Waals surface area (Å²) in [5.41, 5.74) is 2.42. The molecule has 6 nitrogen and oxygen atoms in total. The van der Waals surface area contributed by atoms with E-state index in [-0.39, 0.29) is 11.7 Å². The minimum atomic E-state index is -0.268. The van der Waals surface area contributed by atoms with Crippen molar-refractivity contribution in [3.8, 4) is 5.75 Å². The van der Waals surface area contributed by atoms with Crippen LogP contribution in [0.1, 0.15) is 27.6 Å². The van der Waals surface area contributed by atoms with Crippen molar-refractivity contribution in [2.24, 2.45) is 0 Å². The van der Waals surface area contributed by atoms with E-state index >= 15 is 0 Å². The van der Waals surface area contributed by atoms with Gasteiger partial charge in [-0.25, -0.2) is 4.98 Å². The van der Waals surface area contributed by atoms with Crippen molar-refractivity contribution >= 4 is 28.9 Å². The van der Waals surface area contributed by atoms with Crippen LogP contribution in [0.5, 0.6) is 5.75 Å². The fourth-order valence-corrected chi connectivity index (χ4v) is 2.52. The number of hydrogen-bond donors (Lipinski definition) is 2. The van der Waals surface area contributed by atoms with Gasteiger partial charge in [-0.2, -0.15) is 0 Å². The average molecular weight is 361 g/mol. The minimum absolute atomic E-state index is 0.0194. The number of carbonyl (C=O) groups excluding carboxylic acids is 2. The number of hydrogen-bond acceptors (Lipinski definition) is 5. The lowest BCUT2D eigenvalue weighted by Gasteiger charge is -2.11. The third-order valence-electron chi connectivity index (χ3n) is 3.94. The molecule has 0 saturated heterocycles. The van der Waals surface area contributed by atoms with E-state index in [2.05, 4.69) is 15.6 Å². The smallest absolute Gasteiger partial charge is 0.255 e. The summed E-state index contributed by atoms with van der Waals surface area (Å²) in [5.74, 6) is 0.920. The molecule has 1 aromatic heterocycles. The summed E-state index contributed by atoms with van der Waals surface area (Å²) < 4.78 is 5.31. The summed E-state index contributed by atoms with van der Waals surface area (Å²) in [4.78, 5) is 28.1. The summed E-state index contributed by atoms with van der Waals surface area (Å²) >= 11 is 0. The molecule has 1 amide bonds. The Kier molecular flexibility index (Phi) is 5.47. The van der Waals surface area contributed by atoms with Crippen LogP contribution in [0.15, 0.2) is 66.9 Å². The minimum Gasteiger partial charge on any atom is -0.495 e. The highest BCUT2D eigenvalue weighted by Crippen LogP contribution is 2.26. The Hall–Kier alpha value is -3.67. The molecule has 0 bridgehead atoms. The van der Waals surface area contributed by atoms with Gasteiger partial charge >= 0.3 is 0 Å². The highest BCUT2D eigenvalue weighted by molar-refractivity contribution is 6.05. The van der Waals surface area contributed by atoms with E-state index < -0.39 is 0 Å². The molecule has 3 aromatic rings. The van der Waals surface area contributed by atoms with Crippen LogP contribution in [0.2, 0.25) is 0 Å². The third-order valence-corrected chi connectivity index (χ3v) is 3.94. The van der Waals surface area contributed by atoms with E-state index in [1.807, 2.05) is 24.3 Å². The van der Waals surface area contributed by atoms with Crippen LogP contribution in [0.25, 0.3) is 0 Å². The van der Waals surface area contributed by atoms with Crippen LogP contribution in [-0.4, -0.2) is 23.8 Å². The van der Waals surface area contributed by atoms with E-state index in [0.29, 0.717) is 28.4 Å². The number of pyridine rings is 1. The van der Waals surface area contributed by atoms with Crippen LogP contribution in [0, 0.1) is 0 Å². The van der Waals surface area contributed by atoms with Crippen LogP contribution >= 0.6 is 0 Å². The molecule has 0 fully saturated rings. The highest BCUT2D eigenvalue weighted by Gasteiger charge is 2.09. The molecule has 0 radical (unpaired) electrons. The van der Waals surface area contributed by atoms with Crippen molar-refractivity contribution in [2.45, 2.75) is 6.92 Å². The zero-order valence-corrected chi connectivity index (χ0v) is 15.0. The number of rotatable bonds is 6. The van der Waals surface area contributed by atoms with Crippen molar-refractivity contribution in [3.05, 3.63) is 78.0 Å². The Labute approximate surface area is 157 Å². The summed E-state index contributed by atoms with van der Waals surface area (Å²) in [6.45, 7) is 1.50. The zero-order valence-electron chi connectivity index (χ0n) is 15.0. The van der Waals surface area contributed by atoms with Gasteiger partial charge in [-0.05, 0) is 55.5 Å². The fraction of sp³-hybridized carbons (Fsp3) is 0.0952. The zero-order chi connectivity index (χ0) is 19.2. The first kappa shape index (κ1) is 18.1. The molecule has 27 heavy (non-hydrogen) atoms. The Bertz CT molecular complexity index is 968. The molecule has 2 aromatic carbocycles. The van der Waals surface area contributed by atoms with Gasteiger partial charge in [0.2, 0.25) is 0 Å². The van der Waals surface area contributed by atoms with Gasteiger partial charge in [-0.1, -0.05) is 12.1 Å². The molecular formula is C21H19N3O3. The highest BCUT2D eigenvalue weighted by atomic mass is 16.5. The topological polar surface area (TPSA) is 80.3 Å². The van der Waals surface area contributed by atoms with Crippen molar-refractivity contribution in [3.63, 3.8) is 0 Å². The quantitative estimate of drug-likeness (QED) is 0.640. The second-order valence-corrected chi connectivity index (χ2v) is 5.84. The van der Waals surface area contributed by atoms with Gasteiger partial charge in [-0.3, -0.25) is 9.59 Å². The molecule has 0 aliphatic carbocycles. The van der Waals surface area contributed by atoms with Crippen LogP contribution in [0.3, 0.4) is 0 Å². The average Bonchev–Trinajstić information content (AvgIpc) is 2.69. The standard InChI is InChI=1S/C21H19N3O3/c1-14(25)15-7-9-17(10-8-15)23-21(26)16-11-12-22-20(13-16)24-18-5-3-4-6-19(18)27-2/h3-13H,1-2H3,(H,22,24)(H,23,26). The number of Topliss-reactive ketones (excluding diaryl/α,β-unsaturated/α-hetero) is 1. The van der Waals surface area contributed by atoms with Crippen molar-refractivity contribution in [2.75, 3.05) is 17.7 Å². The van der Waals surface area contributed by atoms with Gasteiger partial charge in [0.1, 0.15) is 11.6 Å². The number of methoxy groups -OCH3 is 1. The number of benzene rings is 2. The molecule has 0 aliphatic rings. The van der Waals surface area contributed by atoms with Crippen molar-refractivity contribution < 1.29 is 14.3 Å². The number of carbonyl (C=O) groups is 2. The summed E-state index contributed by atoms with van der Waals surface area (Å²) in [6.07, 6.45) is 1.56. The third kappa shape index (κ3) is 4.49. The normalized spacial score (nSPS) is 10.1. The SMILES string of the molecule is COc1ccccc1Nc1cc(C(=O)Nc2ccc(C(C)=O)cc2)ccn1. The number of nitrogens with one attached hydrogen (secondary N) is 2. The lowest BCUT2D eigenvalue weighted by molar-refractivity contribution is 0.101. The molecule has 0 unspecified atom stereocenters. The number of nitrogens with zero attached hydrogens (tertiary/aromatic N) is 1. The fourth-order valence-electron chi connectivity index (χ4n) is 2.52. The molecular weight excluding hydrogens is 342 g/mol. The molecule has 3 rings (SSSR count). The maximum atomic E-state index is 12.5. The van der Waals surface area contributed by atoms with E-state index in [9.17, 15) is 9.59 Å². The molecule has 136 valence electrons.